The van der Waals surface area contributed by atoms with Crippen LogP contribution in [-0.2, 0) is 12.4 Å². The van der Waals surface area contributed by atoms with Crippen molar-refractivity contribution in [1.82, 2.24) is 9.13 Å². The number of hydrogen-bond acceptors (Lipinski definition) is 1. The lowest BCUT2D eigenvalue weighted by atomic mass is 9.92. The van der Waals surface area contributed by atoms with E-state index in [4.69, 9.17) is 0 Å². The van der Waals surface area contributed by atoms with E-state index in [-0.39, 0.29) is 17.2 Å². The molecule has 3 nitrogen and oxygen atoms in total. The molecule has 0 amide bonds. The van der Waals surface area contributed by atoms with Crippen LogP contribution in [-0.4, -0.2) is 9.13 Å². The number of nitrogens with zero attached hydrogens (tertiary/aromatic N) is 3. The average Bonchev–Trinajstić information content (AvgIpc) is 3.77. The molecule has 302 valence electrons. The van der Waals surface area contributed by atoms with Crippen molar-refractivity contribution in [2.75, 3.05) is 0 Å². The van der Waals surface area contributed by atoms with Gasteiger partial charge >= 0.3 is 12.4 Å². The highest BCUT2D eigenvalue weighted by atomic mass is 19.4. The summed E-state index contributed by atoms with van der Waals surface area (Å²) >= 11 is 0. The summed E-state index contributed by atoms with van der Waals surface area (Å²) in [5.41, 5.74) is 6.44. The predicted molar refractivity (Wildman–Crippen MR) is 236 cm³/mol. The van der Waals surface area contributed by atoms with Crippen molar-refractivity contribution < 1.29 is 26.3 Å². The van der Waals surface area contributed by atoms with E-state index in [0.29, 0.717) is 17.4 Å². The second-order valence-electron chi connectivity index (χ2n) is 15.7. The Kier molecular flexibility index (Phi) is 8.89. The first-order valence-corrected chi connectivity index (χ1v) is 19.9. The lowest BCUT2D eigenvalue weighted by molar-refractivity contribution is -0.142. The molecule has 0 aliphatic heterocycles. The molecule has 9 heteroatoms. The quantitative estimate of drug-likeness (QED) is 0.159. The van der Waals surface area contributed by atoms with Gasteiger partial charge in [-0.1, -0.05) is 114 Å². The maximum Gasteiger partial charge on any atom is 0.417 e. The van der Waals surface area contributed by atoms with Crippen LogP contribution in [0.2, 0.25) is 0 Å². The molecule has 8 aromatic carbocycles. The van der Waals surface area contributed by atoms with Crippen LogP contribution in [0.25, 0.3) is 88.4 Å². The van der Waals surface area contributed by atoms with E-state index in [1.54, 1.807) is 6.07 Å². The molecule has 0 atom stereocenters. The first-order chi connectivity index (χ1) is 29.8. The normalized spacial score (nSPS) is 12.2. The first-order valence-electron chi connectivity index (χ1n) is 19.9. The van der Waals surface area contributed by atoms with Crippen LogP contribution in [0.1, 0.15) is 27.8 Å². The van der Waals surface area contributed by atoms with Crippen molar-refractivity contribution >= 4 is 43.6 Å². The highest BCUT2D eigenvalue weighted by molar-refractivity contribution is 6.13. The Morgan fingerprint density at radius 2 is 0.871 bits per heavy atom. The standard InChI is InChI=1S/C53H33F6N3/c1-31-11-15-33(16-12-31)35-19-23-48-43(25-35)40-7-3-5-9-46(40)61(48)50-27-37(30-60)42(39-22-21-38(52(54,55)56)28-45(39)53(57,58)59)29-51(50)62-47-10-6-4-8-41(47)44-26-36(20-24-49(44)62)34-17-13-32(2)14-18-34/h3-29H,1-2H3. The van der Waals surface area contributed by atoms with E-state index >= 15 is 0 Å². The van der Waals surface area contributed by atoms with Gasteiger partial charge in [0.25, 0.3) is 0 Å². The molecule has 62 heavy (non-hydrogen) atoms. The molecule has 2 aromatic heterocycles. The van der Waals surface area contributed by atoms with Crippen molar-refractivity contribution in [2.24, 2.45) is 0 Å². The minimum Gasteiger partial charge on any atom is -0.307 e. The summed E-state index contributed by atoms with van der Waals surface area (Å²) in [6.45, 7) is 4.05. The number of fused-ring (bicyclic) bond motifs is 6. The number of alkyl halides is 6. The third-order valence-electron chi connectivity index (χ3n) is 11.8. The van der Waals surface area contributed by atoms with Crippen LogP contribution in [0.15, 0.2) is 164 Å². The highest BCUT2D eigenvalue weighted by Gasteiger charge is 2.39. The number of aryl methyl sites for hydroxylation is 2. The van der Waals surface area contributed by atoms with E-state index in [2.05, 4.69) is 54.6 Å². The minimum atomic E-state index is -5.18. The van der Waals surface area contributed by atoms with Crippen molar-refractivity contribution in [3.63, 3.8) is 0 Å². The van der Waals surface area contributed by atoms with Crippen LogP contribution in [0.3, 0.4) is 0 Å². The number of para-hydroxylation sites is 2. The van der Waals surface area contributed by atoms with E-state index in [9.17, 15) is 31.6 Å². The van der Waals surface area contributed by atoms with E-state index < -0.39 is 29.0 Å². The molecule has 10 aromatic rings. The van der Waals surface area contributed by atoms with Crippen LogP contribution < -0.4 is 0 Å². The smallest absolute Gasteiger partial charge is 0.307 e. The molecule has 0 spiro atoms. The largest absolute Gasteiger partial charge is 0.417 e. The summed E-state index contributed by atoms with van der Waals surface area (Å²) < 4.78 is 90.4. The number of halogens is 6. The number of hydrogen-bond donors (Lipinski definition) is 0. The molecule has 2 heterocycles. The van der Waals surface area contributed by atoms with Crippen molar-refractivity contribution in [1.29, 1.82) is 5.26 Å². The fraction of sp³-hybridized carbons (Fsp3) is 0.0755. The van der Waals surface area contributed by atoms with E-state index in [1.165, 1.54) is 6.07 Å². The second-order valence-corrected chi connectivity index (χ2v) is 15.7. The summed E-state index contributed by atoms with van der Waals surface area (Å²) in [5, 5.41) is 14.4. The van der Waals surface area contributed by atoms with E-state index in [1.807, 2.05) is 108 Å². The molecular formula is C53H33F6N3. The Morgan fingerprint density at radius 3 is 1.34 bits per heavy atom. The summed E-state index contributed by atoms with van der Waals surface area (Å²) in [6, 6.07) is 50.9. The monoisotopic (exact) mass is 825 g/mol. The fourth-order valence-electron chi connectivity index (χ4n) is 8.76. The molecule has 0 saturated heterocycles. The Morgan fingerprint density at radius 1 is 0.419 bits per heavy atom. The zero-order valence-corrected chi connectivity index (χ0v) is 33.2. The van der Waals surface area contributed by atoms with Gasteiger partial charge in [-0.05, 0) is 102 Å². The summed E-state index contributed by atoms with van der Waals surface area (Å²) in [7, 11) is 0. The van der Waals surface area contributed by atoms with Gasteiger partial charge in [-0.15, -0.1) is 0 Å². The maximum absolute atomic E-state index is 14.9. The Balaban J connectivity index is 1.32. The lowest BCUT2D eigenvalue weighted by Gasteiger charge is -2.21. The molecule has 0 N–H and O–H groups in total. The number of nitriles is 1. The van der Waals surface area contributed by atoms with E-state index in [0.717, 1.165) is 83.1 Å². The second kappa shape index (κ2) is 14.3. The van der Waals surface area contributed by atoms with Gasteiger partial charge < -0.3 is 9.13 Å². The number of aromatic nitrogens is 2. The topological polar surface area (TPSA) is 33.6 Å². The van der Waals surface area contributed by atoms with Gasteiger partial charge in [0.05, 0.1) is 56.2 Å². The van der Waals surface area contributed by atoms with Gasteiger partial charge in [0.1, 0.15) is 0 Å². The van der Waals surface area contributed by atoms with Gasteiger partial charge in [0.2, 0.25) is 0 Å². The van der Waals surface area contributed by atoms with Gasteiger partial charge in [-0.3, -0.25) is 0 Å². The molecule has 0 aliphatic rings. The third-order valence-corrected chi connectivity index (χ3v) is 11.8. The summed E-state index contributed by atoms with van der Waals surface area (Å²) in [4.78, 5) is 0. The number of benzene rings is 8. The van der Waals surface area contributed by atoms with Crippen LogP contribution in [0, 0.1) is 25.2 Å². The minimum absolute atomic E-state index is 0.121. The van der Waals surface area contributed by atoms with Crippen LogP contribution in [0.5, 0.6) is 0 Å². The highest BCUT2D eigenvalue weighted by Crippen LogP contribution is 2.46. The Hall–Kier alpha value is -7.57. The van der Waals surface area contributed by atoms with Gasteiger partial charge in [0.15, 0.2) is 0 Å². The Labute approximate surface area is 351 Å². The molecule has 10 rings (SSSR count). The first kappa shape index (κ1) is 38.6. The molecule has 0 unspecified atom stereocenters. The van der Waals surface area contributed by atoms with Gasteiger partial charge in [0, 0.05) is 27.1 Å². The summed E-state index contributed by atoms with van der Waals surface area (Å²) in [5.74, 6) is 0. The van der Waals surface area contributed by atoms with Gasteiger partial charge in [-0.2, -0.15) is 31.6 Å². The third kappa shape index (κ3) is 6.38. The fourth-order valence-corrected chi connectivity index (χ4v) is 8.76. The SMILES string of the molecule is Cc1ccc(-c2ccc3c(c2)c2ccccc2n3-c2cc(C#N)c(-c3ccc(C(F)(F)F)cc3C(F)(F)F)cc2-n2c3ccccc3c3cc(-c4ccc(C)cc4)ccc32)cc1. The van der Waals surface area contributed by atoms with Crippen molar-refractivity contribution in [2.45, 2.75) is 26.2 Å². The van der Waals surface area contributed by atoms with Gasteiger partial charge in [-0.25, -0.2) is 0 Å². The predicted octanol–water partition coefficient (Wildman–Crippen LogP) is 15.4. The average molecular weight is 826 g/mol. The van der Waals surface area contributed by atoms with Crippen molar-refractivity contribution in [3.8, 4) is 50.8 Å². The van der Waals surface area contributed by atoms with Crippen molar-refractivity contribution in [3.05, 3.63) is 192 Å². The Bertz CT molecular complexity index is 3450. The molecule has 0 aliphatic carbocycles. The zero-order chi connectivity index (χ0) is 43.1. The molecule has 0 saturated carbocycles. The van der Waals surface area contributed by atoms with Crippen LogP contribution >= 0.6 is 0 Å². The molecule has 0 fully saturated rings. The lowest BCUT2D eigenvalue weighted by Crippen LogP contribution is -2.13. The molecule has 0 bridgehead atoms. The number of rotatable bonds is 5. The van der Waals surface area contributed by atoms with Crippen LogP contribution in [0.4, 0.5) is 26.3 Å². The molecule has 0 radical (unpaired) electrons. The zero-order valence-electron chi connectivity index (χ0n) is 33.2. The summed E-state index contributed by atoms with van der Waals surface area (Å²) in [6.07, 6.45) is -10.2. The molecular weight excluding hydrogens is 793 g/mol. The maximum atomic E-state index is 14.9.